The summed E-state index contributed by atoms with van der Waals surface area (Å²) in [5, 5.41) is 2.66. The molecule has 9 heteroatoms. The number of rotatable bonds is 6. The van der Waals surface area contributed by atoms with E-state index in [0.29, 0.717) is 24.0 Å². The van der Waals surface area contributed by atoms with Crippen LogP contribution in [0.25, 0.3) is 11.1 Å². The maximum Gasteiger partial charge on any atom is 0.273 e. The highest BCUT2D eigenvalue weighted by molar-refractivity contribution is 7.89. The topological polar surface area (TPSA) is 62.7 Å². The average Bonchev–Trinajstić information content (AvgIpc) is 3.38. The lowest BCUT2D eigenvalue weighted by molar-refractivity contribution is 0.0584. The lowest BCUT2D eigenvalue weighted by Crippen LogP contribution is -2.50. The van der Waals surface area contributed by atoms with E-state index in [1.807, 2.05) is 5.38 Å². The predicted molar refractivity (Wildman–Crippen MR) is 131 cm³/mol. The Morgan fingerprint density at radius 2 is 1.50 bits per heavy atom. The molecule has 5 rings (SSSR count). The highest BCUT2D eigenvalue weighted by Crippen LogP contribution is 2.28. The number of piperidine rings is 2. The zero-order valence-corrected chi connectivity index (χ0v) is 20.5. The van der Waals surface area contributed by atoms with E-state index in [1.54, 1.807) is 46.9 Å². The first-order valence-corrected chi connectivity index (χ1v) is 14.0. The molecule has 3 heterocycles. The monoisotopic (exact) mass is 501 g/mol. The van der Waals surface area contributed by atoms with E-state index in [9.17, 15) is 12.8 Å². The maximum atomic E-state index is 13.2. The predicted octanol–water partition coefficient (Wildman–Crippen LogP) is 4.65. The zero-order valence-electron chi connectivity index (χ0n) is 18.8. The van der Waals surface area contributed by atoms with Crippen LogP contribution in [0.2, 0.25) is 0 Å². The largest absolute Gasteiger partial charge is 0.467 e. The smallest absolute Gasteiger partial charge is 0.273 e. The number of halogens is 1. The summed E-state index contributed by atoms with van der Waals surface area (Å²) in [6.45, 7) is 3.00. The number of ether oxygens (including phenoxy) is 1. The van der Waals surface area contributed by atoms with Gasteiger partial charge in [0.2, 0.25) is 10.0 Å². The number of nitrogens with zero attached hydrogens (tertiary/aromatic N) is 3. The van der Waals surface area contributed by atoms with Crippen molar-refractivity contribution in [2.75, 3.05) is 26.2 Å². The van der Waals surface area contributed by atoms with E-state index >= 15 is 0 Å². The van der Waals surface area contributed by atoms with Gasteiger partial charge in [-0.05, 0) is 61.1 Å². The van der Waals surface area contributed by atoms with Gasteiger partial charge < -0.3 is 9.64 Å². The number of aromatic nitrogens is 1. The van der Waals surface area contributed by atoms with Gasteiger partial charge in [-0.2, -0.15) is 4.31 Å². The summed E-state index contributed by atoms with van der Waals surface area (Å²) >= 11 is 1.52. The van der Waals surface area contributed by atoms with Gasteiger partial charge >= 0.3 is 0 Å². The molecule has 0 bridgehead atoms. The van der Waals surface area contributed by atoms with Crippen molar-refractivity contribution in [1.29, 1.82) is 0 Å². The summed E-state index contributed by atoms with van der Waals surface area (Å²) in [5.74, 6) is -0.292. The molecular weight excluding hydrogens is 473 g/mol. The number of benzene rings is 2. The van der Waals surface area contributed by atoms with Gasteiger partial charge in [0.1, 0.15) is 11.9 Å². The fourth-order valence-electron chi connectivity index (χ4n) is 4.83. The second-order valence-corrected chi connectivity index (χ2v) is 11.6. The van der Waals surface area contributed by atoms with Gasteiger partial charge in [0.15, 0.2) is 0 Å². The third kappa shape index (κ3) is 5.17. The molecule has 6 nitrogen and oxygen atoms in total. The van der Waals surface area contributed by atoms with E-state index < -0.39 is 10.0 Å². The van der Waals surface area contributed by atoms with Crippen molar-refractivity contribution >= 4 is 21.4 Å². The molecule has 0 aliphatic carbocycles. The van der Waals surface area contributed by atoms with E-state index in [4.69, 9.17) is 4.74 Å². The Bertz CT molecular complexity index is 1170. The van der Waals surface area contributed by atoms with E-state index in [0.717, 1.165) is 55.1 Å². The molecule has 180 valence electrons. The highest BCUT2D eigenvalue weighted by Gasteiger charge is 2.33. The zero-order chi connectivity index (χ0) is 23.5. The van der Waals surface area contributed by atoms with Crippen LogP contribution in [-0.2, 0) is 10.0 Å². The molecule has 34 heavy (non-hydrogen) atoms. The molecule has 3 aromatic rings. The van der Waals surface area contributed by atoms with Crippen LogP contribution in [0.15, 0.2) is 65.0 Å². The minimum absolute atomic E-state index is 0.209. The van der Waals surface area contributed by atoms with Crippen molar-refractivity contribution in [1.82, 2.24) is 14.2 Å². The van der Waals surface area contributed by atoms with Crippen molar-refractivity contribution in [3.63, 3.8) is 0 Å². The molecule has 0 amide bonds. The molecule has 2 saturated heterocycles. The van der Waals surface area contributed by atoms with Crippen molar-refractivity contribution < 1.29 is 17.5 Å². The highest BCUT2D eigenvalue weighted by atomic mass is 32.2. The number of thiazole rings is 1. The molecule has 0 N–H and O–H groups in total. The summed E-state index contributed by atoms with van der Waals surface area (Å²) in [7, 11) is -3.53. The molecule has 2 aromatic carbocycles. The molecule has 2 aliphatic heterocycles. The molecule has 0 atom stereocenters. The molecule has 2 fully saturated rings. The van der Waals surface area contributed by atoms with E-state index in [-0.39, 0.29) is 11.9 Å². The lowest BCUT2D eigenvalue weighted by atomic mass is 10.00. The quantitative estimate of drug-likeness (QED) is 0.492. The SMILES string of the molecule is O=S(=O)(c1ccc(-c2ccc(F)cc2)cc1)N1CCC(N2CCC(Oc3nccs3)CC2)CC1. The van der Waals surface area contributed by atoms with Crippen LogP contribution in [0.1, 0.15) is 25.7 Å². The Morgan fingerprint density at radius 3 is 2.09 bits per heavy atom. The Balaban J connectivity index is 1.15. The first-order chi connectivity index (χ1) is 16.5. The molecule has 1 aromatic heterocycles. The van der Waals surface area contributed by atoms with Crippen LogP contribution >= 0.6 is 11.3 Å². The first kappa shape index (κ1) is 23.4. The van der Waals surface area contributed by atoms with E-state index in [2.05, 4.69) is 9.88 Å². The van der Waals surface area contributed by atoms with Crippen molar-refractivity contribution in [3.05, 3.63) is 65.9 Å². The molecule has 0 radical (unpaired) electrons. The van der Waals surface area contributed by atoms with E-state index in [1.165, 1.54) is 23.5 Å². The second kappa shape index (κ2) is 10.1. The van der Waals surface area contributed by atoms with Gasteiger partial charge in [-0.1, -0.05) is 35.6 Å². The summed E-state index contributed by atoms with van der Waals surface area (Å²) in [6, 6.07) is 13.5. The minimum atomic E-state index is -3.53. The number of likely N-dealkylation sites (tertiary alicyclic amines) is 1. The molecular formula is C25H28FN3O3S2. The standard InChI is InChI=1S/C25H28FN3O3S2/c26-21-5-1-19(2-6-21)20-3-7-24(8-4-20)34(30,31)29-16-9-22(10-17-29)28-14-11-23(12-15-28)32-25-27-13-18-33-25/h1-8,13,18,22-23H,9-12,14-17H2. The molecule has 0 saturated carbocycles. The van der Waals surface area contributed by atoms with Crippen LogP contribution in [-0.4, -0.2) is 60.9 Å². The van der Waals surface area contributed by atoms with Gasteiger partial charge in [-0.25, -0.2) is 17.8 Å². The number of hydrogen-bond acceptors (Lipinski definition) is 6. The van der Waals surface area contributed by atoms with Gasteiger partial charge in [0.25, 0.3) is 5.19 Å². The van der Waals surface area contributed by atoms with Crippen molar-refractivity contribution in [2.24, 2.45) is 0 Å². The van der Waals surface area contributed by atoms with Crippen LogP contribution in [0.4, 0.5) is 4.39 Å². The van der Waals surface area contributed by atoms with Crippen LogP contribution in [0, 0.1) is 5.82 Å². The van der Waals surface area contributed by atoms with Crippen molar-refractivity contribution in [2.45, 2.75) is 42.7 Å². The lowest BCUT2D eigenvalue weighted by Gasteiger charge is -2.41. The summed E-state index contributed by atoms with van der Waals surface area (Å²) in [6.07, 6.45) is 5.59. The Hall–Kier alpha value is -2.33. The third-order valence-electron chi connectivity index (χ3n) is 6.76. The van der Waals surface area contributed by atoms with Crippen LogP contribution in [0.3, 0.4) is 0 Å². The fourth-order valence-corrected chi connectivity index (χ4v) is 6.85. The maximum absolute atomic E-state index is 13.2. The molecule has 0 spiro atoms. The molecule has 2 aliphatic rings. The Kier molecular flexibility index (Phi) is 6.96. The first-order valence-electron chi connectivity index (χ1n) is 11.7. The average molecular weight is 502 g/mol. The number of sulfonamides is 1. The normalized spacial score (nSPS) is 19.3. The van der Waals surface area contributed by atoms with Gasteiger partial charge in [-0.15, -0.1) is 0 Å². The van der Waals surface area contributed by atoms with Gasteiger partial charge in [-0.3, -0.25) is 0 Å². The van der Waals surface area contributed by atoms with Crippen LogP contribution < -0.4 is 4.74 Å². The second-order valence-electron chi connectivity index (χ2n) is 8.82. The minimum Gasteiger partial charge on any atom is -0.467 e. The number of hydrogen-bond donors (Lipinski definition) is 0. The molecule has 0 unspecified atom stereocenters. The fraction of sp³-hybridized carbons (Fsp3) is 0.400. The third-order valence-corrected chi connectivity index (χ3v) is 9.34. The van der Waals surface area contributed by atoms with Gasteiger partial charge in [0.05, 0.1) is 4.90 Å². The Morgan fingerprint density at radius 1 is 0.882 bits per heavy atom. The Labute approximate surface area is 204 Å². The summed E-state index contributed by atoms with van der Waals surface area (Å²) in [5.41, 5.74) is 1.71. The van der Waals surface area contributed by atoms with Crippen molar-refractivity contribution in [3.8, 4) is 16.3 Å². The summed E-state index contributed by atoms with van der Waals surface area (Å²) < 4.78 is 47.1. The van der Waals surface area contributed by atoms with Gasteiger partial charge in [0, 0.05) is 43.8 Å². The summed E-state index contributed by atoms with van der Waals surface area (Å²) in [4.78, 5) is 7.00. The van der Waals surface area contributed by atoms with Crippen LogP contribution in [0.5, 0.6) is 5.19 Å².